The normalized spacial score (nSPS) is 18.3. The Morgan fingerprint density at radius 3 is 3.00 bits per heavy atom. The Morgan fingerprint density at radius 1 is 1.50 bits per heavy atom. The minimum absolute atomic E-state index is 0.0292. The topological polar surface area (TPSA) is 72.6 Å². The fraction of sp³-hybridized carbons (Fsp3) is 0.667. The maximum absolute atomic E-state index is 12.4. The molecule has 0 spiro atoms. The highest BCUT2D eigenvalue weighted by Gasteiger charge is 2.28. The summed E-state index contributed by atoms with van der Waals surface area (Å²) in [5.41, 5.74) is 0. The Kier molecular flexibility index (Phi) is 6.24. The number of ether oxygens (including phenoxy) is 1. The van der Waals surface area contributed by atoms with E-state index in [9.17, 15) is 9.59 Å². The van der Waals surface area contributed by atoms with Gasteiger partial charge in [0, 0.05) is 31.5 Å². The van der Waals surface area contributed by atoms with Crippen LogP contribution in [0.4, 0.5) is 0 Å². The first-order valence-electron chi connectivity index (χ1n) is 7.66. The number of carbonyl (C=O) groups is 2. The van der Waals surface area contributed by atoms with Gasteiger partial charge >= 0.3 is 5.97 Å². The Bertz CT molecular complexity index is 517. The quantitative estimate of drug-likeness (QED) is 0.750. The summed E-state index contributed by atoms with van der Waals surface area (Å²) in [6.45, 7) is 2.84. The molecule has 0 radical (unpaired) electrons. The number of nitrogens with zero attached hydrogens (tertiary/aromatic N) is 2. The molecular weight excluding hydrogens is 308 g/mol. The minimum Gasteiger partial charge on any atom is -0.466 e. The molecule has 6 nitrogen and oxygen atoms in total. The average molecular weight is 329 g/mol. The molecule has 122 valence electrons. The summed E-state index contributed by atoms with van der Waals surface area (Å²) in [5, 5.41) is 3.88. The van der Waals surface area contributed by atoms with Gasteiger partial charge in [-0.05, 0) is 26.2 Å². The zero-order valence-corrected chi connectivity index (χ0v) is 13.5. The smallest absolute Gasteiger partial charge is 0.307 e. The summed E-state index contributed by atoms with van der Waals surface area (Å²) in [4.78, 5) is 25.9. The first-order valence-corrected chi connectivity index (χ1v) is 8.04. The number of carbonyl (C=O) groups excluding carboxylic acids is 2. The predicted octanol–water partition coefficient (Wildman–Crippen LogP) is 2.59. The highest BCUT2D eigenvalue weighted by Crippen LogP contribution is 2.22. The van der Waals surface area contributed by atoms with Crippen molar-refractivity contribution in [3.8, 4) is 0 Å². The summed E-state index contributed by atoms with van der Waals surface area (Å²) in [5.74, 6) is 0.382. The number of aromatic nitrogens is 1. The van der Waals surface area contributed by atoms with E-state index in [4.69, 9.17) is 20.9 Å². The van der Waals surface area contributed by atoms with Crippen molar-refractivity contribution in [1.29, 1.82) is 0 Å². The van der Waals surface area contributed by atoms with E-state index in [0.717, 1.165) is 19.3 Å². The Morgan fingerprint density at radius 2 is 2.32 bits per heavy atom. The highest BCUT2D eigenvalue weighted by molar-refractivity contribution is 6.29. The van der Waals surface area contributed by atoms with Crippen LogP contribution in [0, 0.1) is 0 Å². The second kappa shape index (κ2) is 8.17. The summed E-state index contributed by atoms with van der Waals surface area (Å²) in [6.07, 6.45) is 3.91. The number of aryl methyl sites for hydroxylation is 1. The van der Waals surface area contributed by atoms with Gasteiger partial charge in [-0.2, -0.15) is 0 Å². The molecule has 1 aromatic heterocycles. The molecule has 1 aromatic rings. The van der Waals surface area contributed by atoms with Crippen molar-refractivity contribution in [3.05, 3.63) is 17.0 Å². The number of piperidine rings is 1. The van der Waals surface area contributed by atoms with Gasteiger partial charge in [-0.1, -0.05) is 16.8 Å². The van der Waals surface area contributed by atoms with Crippen molar-refractivity contribution in [1.82, 2.24) is 10.1 Å². The largest absolute Gasteiger partial charge is 0.466 e. The molecule has 2 rings (SSSR count). The Balaban J connectivity index is 1.88. The molecule has 1 fully saturated rings. The van der Waals surface area contributed by atoms with Crippen molar-refractivity contribution in [3.63, 3.8) is 0 Å². The third-order valence-electron chi connectivity index (χ3n) is 3.77. The maximum atomic E-state index is 12.4. The summed E-state index contributed by atoms with van der Waals surface area (Å²) in [6, 6.07) is 1.56. The first-order chi connectivity index (χ1) is 10.6. The third kappa shape index (κ3) is 4.73. The van der Waals surface area contributed by atoms with Crippen LogP contribution < -0.4 is 0 Å². The summed E-state index contributed by atoms with van der Waals surface area (Å²) in [7, 11) is 0. The van der Waals surface area contributed by atoms with Gasteiger partial charge in [0.05, 0.1) is 13.0 Å². The van der Waals surface area contributed by atoms with Gasteiger partial charge in [0.1, 0.15) is 5.76 Å². The predicted molar refractivity (Wildman–Crippen MR) is 80.4 cm³/mol. The van der Waals surface area contributed by atoms with Crippen LogP contribution >= 0.6 is 11.6 Å². The van der Waals surface area contributed by atoms with Gasteiger partial charge < -0.3 is 14.2 Å². The molecular formula is C15H21ClN2O4. The van der Waals surface area contributed by atoms with E-state index in [2.05, 4.69) is 5.16 Å². The second-order valence-electron chi connectivity index (χ2n) is 5.36. The molecule has 0 bridgehead atoms. The van der Waals surface area contributed by atoms with E-state index in [1.54, 1.807) is 17.9 Å². The number of hydrogen-bond donors (Lipinski definition) is 0. The van der Waals surface area contributed by atoms with Crippen LogP contribution in [0.25, 0.3) is 0 Å². The van der Waals surface area contributed by atoms with Crippen molar-refractivity contribution < 1.29 is 18.8 Å². The second-order valence-corrected chi connectivity index (χ2v) is 5.75. The van der Waals surface area contributed by atoms with Gasteiger partial charge in [-0.3, -0.25) is 9.59 Å². The van der Waals surface area contributed by atoms with Crippen LogP contribution in [0.3, 0.4) is 0 Å². The van der Waals surface area contributed by atoms with Crippen LogP contribution in [-0.2, 0) is 20.7 Å². The molecule has 1 atom stereocenters. The number of rotatable bonds is 6. The van der Waals surface area contributed by atoms with Crippen molar-refractivity contribution in [2.45, 2.75) is 51.5 Å². The molecule has 1 aliphatic heterocycles. The van der Waals surface area contributed by atoms with E-state index >= 15 is 0 Å². The molecule has 0 aromatic carbocycles. The molecule has 1 amide bonds. The van der Waals surface area contributed by atoms with Gasteiger partial charge in [-0.25, -0.2) is 0 Å². The lowest BCUT2D eigenvalue weighted by Crippen LogP contribution is -2.45. The molecule has 0 aliphatic carbocycles. The van der Waals surface area contributed by atoms with Gasteiger partial charge in [0.25, 0.3) is 0 Å². The van der Waals surface area contributed by atoms with Crippen LogP contribution in [0.1, 0.15) is 44.8 Å². The zero-order valence-electron chi connectivity index (χ0n) is 12.7. The fourth-order valence-electron chi connectivity index (χ4n) is 2.73. The average Bonchev–Trinajstić information content (AvgIpc) is 2.91. The van der Waals surface area contributed by atoms with Crippen LogP contribution in [0.5, 0.6) is 0 Å². The number of amides is 1. The number of hydrogen-bond acceptors (Lipinski definition) is 5. The SMILES string of the molecule is CCOC(=O)C[C@@H]1CCCCN1C(=O)CCc1cc(Cl)no1. The molecule has 2 heterocycles. The zero-order chi connectivity index (χ0) is 15.9. The van der Waals surface area contributed by atoms with E-state index in [1.165, 1.54) is 0 Å². The summed E-state index contributed by atoms with van der Waals surface area (Å²) >= 11 is 5.68. The molecule has 7 heteroatoms. The number of halogens is 1. The molecule has 0 unspecified atom stereocenters. The maximum Gasteiger partial charge on any atom is 0.307 e. The van der Waals surface area contributed by atoms with Gasteiger partial charge in [0.2, 0.25) is 5.91 Å². The highest BCUT2D eigenvalue weighted by atomic mass is 35.5. The first kappa shape index (κ1) is 16.8. The minimum atomic E-state index is -0.241. The number of likely N-dealkylation sites (tertiary alicyclic amines) is 1. The van der Waals surface area contributed by atoms with Crippen molar-refractivity contribution >= 4 is 23.5 Å². The molecule has 0 saturated carbocycles. The third-order valence-corrected chi connectivity index (χ3v) is 3.95. The Hall–Kier alpha value is -1.56. The molecule has 0 N–H and O–H groups in total. The van der Waals surface area contributed by atoms with Gasteiger partial charge in [-0.15, -0.1) is 0 Å². The fourth-order valence-corrected chi connectivity index (χ4v) is 2.89. The number of esters is 1. The van der Waals surface area contributed by atoms with E-state index < -0.39 is 0 Å². The Labute approximate surface area is 134 Å². The lowest BCUT2D eigenvalue weighted by atomic mass is 9.98. The monoisotopic (exact) mass is 328 g/mol. The lowest BCUT2D eigenvalue weighted by Gasteiger charge is -2.35. The lowest BCUT2D eigenvalue weighted by molar-refractivity contribution is -0.146. The molecule has 22 heavy (non-hydrogen) atoms. The van der Waals surface area contributed by atoms with Crippen molar-refractivity contribution in [2.75, 3.05) is 13.2 Å². The summed E-state index contributed by atoms with van der Waals surface area (Å²) < 4.78 is 9.99. The van der Waals surface area contributed by atoms with E-state index in [0.29, 0.717) is 36.9 Å². The van der Waals surface area contributed by atoms with Gasteiger partial charge in [0.15, 0.2) is 5.15 Å². The van der Waals surface area contributed by atoms with Crippen molar-refractivity contribution in [2.24, 2.45) is 0 Å². The molecule has 1 saturated heterocycles. The van der Waals surface area contributed by atoms with Crippen LogP contribution in [0.2, 0.25) is 5.15 Å². The van der Waals surface area contributed by atoms with Crippen LogP contribution in [-0.4, -0.2) is 41.1 Å². The van der Waals surface area contributed by atoms with E-state index in [-0.39, 0.29) is 24.3 Å². The molecule has 1 aliphatic rings. The standard InChI is InChI=1S/C15H21ClN2O4/c1-2-21-15(20)9-11-5-3-4-8-18(11)14(19)7-6-12-10-13(16)17-22-12/h10-11H,2-9H2,1H3/t11-/m0/s1. The van der Waals surface area contributed by atoms with Crippen LogP contribution in [0.15, 0.2) is 10.6 Å². The van der Waals surface area contributed by atoms with E-state index in [1.807, 2.05) is 0 Å².